The first-order valence-electron chi connectivity index (χ1n) is 8.37. The van der Waals surface area contributed by atoms with E-state index in [2.05, 4.69) is 0 Å². The van der Waals surface area contributed by atoms with Crippen molar-refractivity contribution < 1.29 is 27.6 Å². The predicted octanol–water partition coefficient (Wildman–Crippen LogP) is 3.65. The minimum atomic E-state index is -2.85. The van der Waals surface area contributed by atoms with E-state index in [-0.39, 0.29) is 13.0 Å². The first kappa shape index (κ1) is 19.4. The van der Waals surface area contributed by atoms with Gasteiger partial charge in [-0.2, -0.15) is 0 Å². The van der Waals surface area contributed by atoms with Crippen molar-refractivity contribution in [1.29, 1.82) is 0 Å². The summed E-state index contributed by atoms with van der Waals surface area (Å²) in [5, 5.41) is 0. The molecule has 0 spiro atoms. The van der Waals surface area contributed by atoms with E-state index in [4.69, 9.17) is 14.0 Å². The van der Waals surface area contributed by atoms with Crippen LogP contribution in [0.25, 0.3) is 0 Å². The lowest BCUT2D eigenvalue weighted by molar-refractivity contribution is -0.0719. The number of rotatable bonds is 1. The van der Waals surface area contributed by atoms with Crippen LogP contribution in [0.4, 0.5) is 13.6 Å². The van der Waals surface area contributed by atoms with E-state index in [9.17, 15) is 13.6 Å². The largest absolute Gasteiger partial charge is 0.482 e. The second-order valence-electron chi connectivity index (χ2n) is 8.68. The van der Waals surface area contributed by atoms with Gasteiger partial charge in [0.2, 0.25) is 0 Å². The van der Waals surface area contributed by atoms with E-state index in [1.165, 1.54) is 4.90 Å². The molecule has 1 unspecified atom stereocenters. The second kappa shape index (κ2) is 5.83. The van der Waals surface area contributed by atoms with Crippen LogP contribution in [0, 0.1) is 0 Å². The molecule has 5 nitrogen and oxygen atoms in total. The molecule has 138 valence electrons. The van der Waals surface area contributed by atoms with Crippen LogP contribution >= 0.6 is 0 Å². The van der Waals surface area contributed by atoms with Gasteiger partial charge in [0.15, 0.2) is 0 Å². The lowest BCUT2D eigenvalue weighted by Crippen LogP contribution is -2.58. The highest BCUT2D eigenvalue weighted by Gasteiger charge is 2.58. The highest BCUT2D eigenvalue weighted by molar-refractivity contribution is 6.48. The molecule has 0 aromatic carbocycles. The standard InChI is InChI=1S/C16H28BF2NO4/c1-13(2,3)22-12(21)20-9-8-16(18,19)10-11(20)17-23-14(4,5)15(6,7)24-17/h11H,8-10H2,1-7H3. The van der Waals surface area contributed by atoms with Crippen molar-refractivity contribution >= 4 is 13.2 Å². The summed E-state index contributed by atoms with van der Waals surface area (Å²) >= 11 is 0. The van der Waals surface area contributed by atoms with Crippen LogP contribution in [0.2, 0.25) is 0 Å². The number of hydrogen-bond donors (Lipinski definition) is 0. The molecule has 2 rings (SSSR count). The average Bonchev–Trinajstić information content (AvgIpc) is 2.54. The SMILES string of the molecule is CC(C)(C)OC(=O)N1CCC(F)(F)CC1B1OC(C)(C)C(C)(C)O1. The third-order valence-corrected chi connectivity index (χ3v) is 4.84. The fourth-order valence-corrected chi connectivity index (χ4v) is 2.80. The molecule has 1 amide bonds. The molecule has 0 bridgehead atoms. The normalized spacial score (nSPS) is 28.8. The van der Waals surface area contributed by atoms with Gasteiger partial charge in [-0.05, 0) is 48.5 Å². The van der Waals surface area contributed by atoms with Gasteiger partial charge in [0, 0.05) is 19.4 Å². The van der Waals surface area contributed by atoms with Crippen molar-refractivity contribution in [1.82, 2.24) is 4.90 Å². The Bertz CT molecular complexity index is 489. The molecular weight excluding hydrogens is 319 g/mol. The smallest absolute Gasteiger partial charge is 0.444 e. The number of likely N-dealkylation sites (tertiary alicyclic amines) is 1. The third kappa shape index (κ3) is 4.02. The van der Waals surface area contributed by atoms with Crippen molar-refractivity contribution in [2.75, 3.05) is 6.54 Å². The highest BCUT2D eigenvalue weighted by atomic mass is 19.3. The number of carbonyl (C=O) groups excluding carboxylic acids is 1. The number of ether oxygens (including phenoxy) is 1. The van der Waals surface area contributed by atoms with Crippen LogP contribution in [0.1, 0.15) is 61.3 Å². The molecule has 24 heavy (non-hydrogen) atoms. The summed E-state index contributed by atoms with van der Waals surface area (Å²) in [5.41, 5.74) is -1.99. The third-order valence-electron chi connectivity index (χ3n) is 4.84. The Labute approximate surface area is 143 Å². The maximum Gasteiger partial charge on any atom is 0.482 e. The van der Waals surface area contributed by atoms with Gasteiger partial charge in [-0.1, -0.05) is 0 Å². The number of alkyl halides is 2. The summed E-state index contributed by atoms with van der Waals surface area (Å²) in [6.07, 6.45) is -1.50. The van der Waals surface area contributed by atoms with Gasteiger partial charge in [0.1, 0.15) is 5.60 Å². The predicted molar refractivity (Wildman–Crippen MR) is 87.0 cm³/mol. The lowest BCUT2D eigenvalue weighted by Gasteiger charge is -2.40. The van der Waals surface area contributed by atoms with Gasteiger partial charge in [0.05, 0.1) is 17.1 Å². The van der Waals surface area contributed by atoms with Crippen molar-refractivity contribution in [2.24, 2.45) is 0 Å². The van der Waals surface area contributed by atoms with E-state index in [1.54, 1.807) is 20.8 Å². The highest BCUT2D eigenvalue weighted by Crippen LogP contribution is 2.42. The molecule has 8 heteroatoms. The summed E-state index contributed by atoms with van der Waals surface area (Å²) in [7, 11) is -0.909. The van der Waals surface area contributed by atoms with E-state index in [0.29, 0.717) is 0 Å². The molecule has 0 aliphatic carbocycles. The Morgan fingerprint density at radius 3 is 2.12 bits per heavy atom. The Hall–Kier alpha value is -0.885. The molecule has 0 radical (unpaired) electrons. The van der Waals surface area contributed by atoms with Crippen molar-refractivity contribution in [3.63, 3.8) is 0 Å². The minimum Gasteiger partial charge on any atom is -0.444 e. The zero-order valence-corrected chi connectivity index (χ0v) is 15.6. The van der Waals surface area contributed by atoms with Crippen LogP contribution in [0.3, 0.4) is 0 Å². The average molecular weight is 347 g/mol. The molecule has 2 fully saturated rings. The van der Waals surface area contributed by atoms with Gasteiger partial charge in [-0.15, -0.1) is 0 Å². The molecule has 0 N–H and O–H groups in total. The monoisotopic (exact) mass is 347 g/mol. The minimum absolute atomic E-state index is 0.0866. The number of piperidine rings is 1. The van der Waals surface area contributed by atoms with E-state index in [1.807, 2.05) is 27.7 Å². The second-order valence-corrected chi connectivity index (χ2v) is 8.68. The number of carbonyl (C=O) groups is 1. The quantitative estimate of drug-likeness (QED) is 0.680. The Morgan fingerprint density at radius 1 is 1.17 bits per heavy atom. The number of hydrogen-bond acceptors (Lipinski definition) is 4. The summed E-state index contributed by atoms with van der Waals surface area (Å²) in [6.45, 7) is 12.6. The molecule has 0 saturated carbocycles. The number of halogens is 2. The van der Waals surface area contributed by atoms with Crippen molar-refractivity contribution in [3.8, 4) is 0 Å². The van der Waals surface area contributed by atoms with Gasteiger partial charge in [-0.3, -0.25) is 0 Å². The van der Waals surface area contributed by atoms with Gasteiger partial charge < -0.3 is 18.9 Å². The fourth-order valence-electron chi connectivity index (χ4n) is 2.80. The summed E-state index contributed by atoms with van der Waals surface area (Å²) in [5.74, 6) is -3.74. The first-order valence-corrected chi connectivity index (χ1v) is 8.37. The van der Waals surface area contributed by atoms with Crippen LogP contribution in [0.15, 0.2) is 0 Å². The number of amides is 1. The van der Waals surface area contributed by atoms with E-state index in [0.717, 1.165) is 0 Å². The molecule has 0 aromatic rings. The molecule has 2 aliphatic rings. The first-order chi connectivity index (χ1) is 10.6. The summed E-state index contributed by atoms with van der Waals surface area (Å²) in [6, 6.07) is 0. The Kier molecular flexibility index (Phi) is 4.72. The zero-order chi connectivity index (χ0) is 18.6. The van der Waals surface area contributed by atoms with Gasteiger partial charge in [-0.25, -0.2) is 13.6 Å². The molecule has 0 aromatic heterocycles. The van der Waals surface area contributed by atoms with Crippen LogP contribution < -0.4 is 0 Å². The molecule has 1 atom stereocenters. The van der Waals surface area contributed by atoms with Crippen LogP contribution in [-0.2, 0) is 14.0 Å². The molecule has 2 saturated heterocycles. The zero-order valence-electron chi connectivity index (χ0n) is 15.6. The van der Waals surface area contributed by atoms with Crippen molar-refractivity contribution in [2.45, 2.75) is 90.0 Å². The van der Waals surface area contributed by atoms with Crippen LogP contribution in [0.5, 0.6) is 0 Å². The maximum absolute atomic E-state index is 14.0. The molecule has 2 heterocycles. The topological polar surface area (TPSA) is 48.0 Å². The molecule has 2 aliphatic heterocycles. The Balaban J connectivity index is 2.23. The summed E-state index contributed by atoms with van der Waals surface area (Å²) < 4.78 is 45.1. The van der Waals surface area contributed by atoms with Gasteiger partial charge >= 0.3 is 13.2 Å². The van der Waals surface area contributed by atoms with Crippen LogP contribution in [-0.4, -0.2) is 53.3 Å². The number of nitrogens with zero attached hydrogens (tertiary/aromatic N) is 1. The lowest BCUT2D eigenvalue weighted by atomic mass is 9.71. The summed E-state index contributed by atoms with van der Waals surface area (Å²) in [4.78, 5) is 13.8. The van der Waals surface area contributed by atoms with E-state index < -0.39 is 48.3 Å². The van der Waals surface area contributed by atoms with E-state index >= 15 is 0 Å². The fraction of sp³-hybridized carbons (Fsp3) is 0.938. The van der Waals surface area contributed by atoms with Gasteiger partial charge in [0.25, 0.3) is 5.92 Å². The maximum atomic E-state index is 14.0. The van der Waals surface area contributed by atoms with Crippen molar-refractivity contribution in [3.05, 3.63) is 0 Å². The Morgan fingerprint density at radius 2 is 1.67 bits per heavy atom. The molecular formula is C16H28BF2NO4.